The van der Waals surface area contributed by atoms with Gasteiger partial charge in [0, 0.05) is 12.1 Å². The molecule has 3 heteroatoms. The van der Waals surface area contributed by atoms with E-state index in [1.54, 1.807) is 6.92 Å². The minimum Gasteiger partial charge on any atom is -0.309 e. The Balaban J connectivity index is 3.65. The lowest BCUT2D eigenvalue weighted by molar-refractivity contribution is -0.108. The number of halogens is 1. The standard InChI is InChI=1S/C8H14ClNO/c1-7(8(9)11)5-4-6-10(2)3/h5H,4,6H2,1-3H3. The molecule has 0 fully saturated rings. The molecule has 0 amide bonds. The van der Waals surface area contributed by atoms with Crippen molar-refractivity contribution in [2.75, 3.05) is 20.6 Å². The number of carbonyl (C=O) groups is 1. The molecule has 0 bridgehead atoms. The van der Waals surface area contributed by atoms with Crippen LogP contribution >= 0.6 is 11.6 Å². The molecule has 0 aromatic heterocycles. The second-order valence-corrected chi connectivity index (χ2v) is 3.10. The number of hydrogen-bond donors (Lipinski definition) is 0. The molecule has 64 valence electrons. The zero-order valence-corrected chi connectivity index (χ0v) is 7.98. The van der Waals surface area contributed by atoms with Crippen LogP contribution in [0.4, 0.5) is 0 Å². The van der Waals surface area contributed by atoms with Gasteiger partial charge in [-0.25, -0.2) is 0 Å². The van der Waals surface area contributed by atoms with E-state index in [1.807, 2.05) is 20.2 Å². The van der Waals surface area contributed by atoms with Crippen molar-refractivity contribution < 1.29 is 4.79 Å². The van der Waals surface area contributed by atoms with E-state index < -0.39 is 0 Å². The molecular weight excluding hydrogens is 162 g/mol. The highest BCUT2D eigenvalue weighted by Gasteiger charge is 1.96. The maximum Gasteiger partial charge on any atom is 0.247 e. The zero-order valence-electron chi connectivity index (χ0n) is 7.22. The lowest BCUT2D eigenvalue weighted by Gasteiger charge is -2.05. The first kappa shape index (κ1) is 10.7. The van der Waals surface area contributed by atoms with Gasteiger partial charge in [0.05, 0.1) is 0 Å². The fraction of sp³-hybridized carbons (Fsp3) is 0.625. The van der Waals surface area contributed by atoms with E-state index in [4.69, 9.17) is 11.6 Å². The Hall–Kier alpha value is -0.340. The van der Waals surface area contributed by atoms with E-state index in [0.29, 0.717) is 5.57 Å². The van der Waals surface area contributed by atoms with Crippen LogP contribution in [-0.4, -0.2) is 30.8 Å². The van der Waals surface area contributed by atoms with Gasteiger partial charge in [0.15, 0.2) is 0 Å². The maximum atomic E-state index is 10.5. The minimum atomic E-state index is -0.358. The van der Waals surface area contributed by atoms with Crippen LogP contribution in [0.3, 0.4) is 0 Å². The van der Waals surface area contributed by atoms with Crippen molar-refractivity contribution in [2.45, 2.75) is 13.3 Å². The van der Waals surface area contributed by atoms with Gasteiger partial charge in [-0.15, -0.1) is 0 Å². The highest BCUT2D eigenvalue weighted by Crippen LogP contribution is 2.00. The molecule has 0 saturated carbocycles. The molecular formula is C8H14ClNO. The second-order valence-electron chi connectivity index (χ2n) is 2.75. The first-order chi connectivity index (χ1) is 5.04. The molecule has 0 aliphatic carbocycles. The van der Waals surface area contributed by atoms with Crippen molar-refractivity contribution >= 4 is 16.8 Å². The molecule has 2 nitrogen and oxygen atoms in total. The highest BCUT2D eigenvalue weighted by atomic mass is 35.5. The molecule has 11 heavy (non-hydrogen) atoms. The predicted molar refractivity (Wildman–Crippen MR) is 47.8 cm³/mol. The predicted octanol–water partition coefficient (Wildman–Crippen LogP) is 1.65. The summed E-state index contributed by atoms with van der Waals surface area (Å²) in [5.41, 5.74) is 0.633. The van der Waals surface area contributed by atoms with Crippen LogP contribution in [0.1, 0.15) is 13.3 Å². The van der Waals surface area contributed by atoms with Gasteiger partial charge in [-0.2, -0.15) is 0 Å². The van der Waals surface area contributed by atoms with Crippen LogP contribution in [-0.2, 0) is 4.79 Å². The molecule has 0 N–H and O–H groups in total. The van der Waals surface area contributed by atoms with Gasteiger partial charge in [-0.05, 0) is 39.0 Å². The quantitative estimate of drug-likeness (QED) is 0.479. The number of carbonyl (C=O) groups excluding carboxylic acids is 1. The molecule has 0 aromatic carbocycles. The monoisotopic (exact) mass is 175 g/mol. The summed E-state index contributed by atoms with van der Waals surface area (Å²) in [5, 5.41) is -0.358. The third-order valence-electron chi connectivity index (χ3n) is 1.34. The summed E-state index contributed by atoms with van der Waals surface area (Å²) in [5.74, 6) is 0. The number of rotatable bonds is 4. The van der Waals surface area contributed by atoms with E-state index >= 15 is 0 Å². The van der Waals surface area contributed by atoms with Gasteiger partial charge in [0.1, 0.15) is 0 Å². The molecule has 0 aromatic rings. The number of hydrogen-bond acceptors (Lipinski definition) is 2. The average molecular weight is 176 g/mol. The highest BCUT2D eigenvalue weighted by molar-refractivity contribution is 6.67. The average Bonchev–Trinajstić information content (AvgIpc) is 1.86. The van der Waals surface area contributed by atoms with Crippen molar-refractivity contribution in [2.24, 2.45) is 0 Å². The summed E-state index contributed by atoms with van der Waals surface area (Å²) in [4.78, 5) is 12.6. The Morgan fingerprint density at radius 1 is 1.55 bits per heavy atom. The largest absolute Gasteiger partial charge is 0.309 e. The number of nitrogens with zero attached hydrogens (tertiary/aromatic N) is 1. The van der Waals surface area contributed by atoms with Gasteiger partial charge < -0.3 is 4.90 Å². The molecule has 0 rings (SSSR count). The first-order valence-electron chi connectivity index (χ1n) is 3.55. The topological polar surface area (TPSA) is 20.3 Å². The van der Waals surface area contributed by atoms with Crippen LogP contribution in [0.5, 0.6) is 0 Å². The zero-order chi connectivity index (χ0) is 8.85. The Morgan fingerprint density at radius 2 is 2.09 bits per heavy atom. The molecule has 0 unspecified atom stereocenters. The third-order valence-corrected chi connectivity index (χ3v) is 1.63. The Morgan fingerprint density at radius 3 is 2.45 bits per heavy atom. The van der Waals surface area contributed by atoms with E-state index in [0.717, 1.165) is 13.0 Å². The van der Waals surface area contributed by atoms with Crippen molar-refractivity contribution in [1.82, 2.24) is 4.90 Å². The van der Waals surface area contributed by atoms with Gasteiger partial charge in [-0.1, -0.05) is 6.08 Å². The summed E-state index contributed by atoms with van der Waals surface area (Å²) in [7, 11) is 3.98. The fourth-order valence-corrected chi connectivity index (χ4v) is 0.697. The smallest absolute Gasteiger partial charge is 0.247 e. The molecule has 0 heterocycles. The molecule has 0 atom stereocenters. The normalized spacial score (nSPS) is 12.3. The maximum absolute atomic E-state index is 10.5. The lowest BCUT2D eigenvalue weighted by Crippen LogP contribution is -2.12. The SMILES string of the molecule is CC(=CCCN(C)C)C(=O)Cl. The van der Waals surface area contributed by atoms with Crippen LogP contribution < -0.4 is 0 Å². The van der Waals surface area contributed by atoms with Crippen molar-refractivity contribution in [3.05, 3.63) is 11.6 Å². The summed E-state index contributed by atoms with van der Waals surface area (Å²) in [6, 6.07) is 0. The number of allylic oxidation sites excluding steroid dienone is 1. The van der Waals surface area contributed by atoms with E-state index in [1.165, 1.54) is 0 Å². The summed E-state index contributed by atoms with van der Waals surface area (Å²) in [6.07, 6.45) is 2.73. The van der Waals surface area contributed by atoms with E-state index in [-0.39, 0.29) is 5.24 Å². The van der Waals surface area contributed by atoms with E-state index in [2.05, 4.69) is 4.90 Å². The molecule has 0 saturated heterocycles. The van der Waals surface area contributed by atoms with Crippen molar-refractivity contribution in [1.29, 1.82) is 0 Å². The van der Waals surface area contributed by atoms with Crippen molar-refractivity contribution in [3.63, 3.8) is 0 Å². The van der Waals surface area contributed by atoms with Crippen LogP contribution in [0.2, 0.25) is 0 Å². The summed E-state index contributed by atoms with van der Waals surface area (Å²) < 4.78 is 0. The first-order valence-corrected chi connectivity index (χ1v) is 3.93. The minimum absolute atomic E-state index is 0.358. The van der Waals surface area contributed by atoms with Crippen LogP contribution in [0, 0.1) is 0 Å². The second kappa shape index (κ2) is 5.33. The Labute approximate surface area is 72.8 Å². The van der Waals surface area contributed by atoms with E-state index in [9.17, 15) is 4.79 Å². The Bertz CT molecular complexity index is 163. The lowest BCUT2D eigenvalue weighted by atomic mass is 10.2. The molecule has 0 radical (unpaired) electrons. The summed E-state index contributed by atoms with van der Waals surface area (Å²) >= 11 is 5.22. The van der Waals surface area contributed by atoms with Gasteiger partial charge in [0.25, 0.3) is 0 Å². The molecule has 0 aliphatic heterocycles. The Kier molecular flexibility index (Phi) is 5.16. The van der Waals surface area contributed by atoms with Gasteiger partial charge in [0.2, 0.25) is 5.24 Å². The third kappa shape index (κ3) is 6.07. The fourth-order valence-electron chi connectivity index (χ4n) is 0.619. The van der Waals surface area contributed by atoms with Gasteiger partial charge in [-0.3, -0.25) is 4.79 Å². The molecule has 0 spiro atoms. The summed E-state index contributed by atoms with van der Waals surface area (Å²) in [6.45, 7) is 2.67. The molecule has 0 aliphatic rings. The van der Waals surface area contributed by atoms with Crippen LogP contribution in [0.15, 0.2) is 11.6 Å². The van der Waals surface area contributed by atoms with Crippen LogP contribution in [0.25, 0.3) is 0 Å². The van der Waals surface area contributed by atoms with Gasteiger partial charge >= 0.3 is 0 Å². The van der Waals surface area contributed by atoms with Crippen molar-refractivity contribution in [3.8, 4) is 0 Å².